The molecule has 1 aromatic heterocycles. The zero-order valence-corrected chi connectivity index (χ0v) is 13.9. The van der Waals surface area contributed by atoms with Gasteiger partial charge in [-0.2, -0.15) is 0 Å². The second kappa shape index (κ2) is 5.75. The lowest BCUT2D eigenvalue weighted by atomic mass is 9.97. The van der Waals surface area contributed by atoms with Crippen molar-refractivity contribution in [3.63, 3.8) is 0 Å². The summed E-state index contributed by atoms with van der Waals surface area (Å²) in [6.45, 7) is 3.54. The number of fused-ring (bicyclic) bond motifs is 1. The molecule has 2 aliphatic heterocycles. The lowest BCUT2D eigenvalue weighted by molar-refractivity contribution is 0.842. The number of anilines is 1. The molecule has 1 aromatic carbocycles. The Bertz CT molecular complexity index is 848. The maximum atomic E-state index is 5.59. The molecule has 0 aliphatic carbocycles. The van der Waals surface area contributed by atoms with Gasteiger partial charge in [-0.3, -0.25) is 0 Å². The average Bonchev–Trinajstić information content (AvgIpc) is 2.69. The number of hydrogen-bond donors (Lipinski definition) is 0. The van der Waals surface area contributed by atoms with Crippen LogP contribution in [-0.2, 0) is 19.4 Å². The highest BCUT2D eigenvalue weighted by atomic mass is 32.2. The van der Waals surface area contributed by atoms with E-state index in [0.29, 0.717) is 6.54 Å². The zero-order chi connectivity index (χ0) is 15.8. The predicted octanol–water partition coefficient (Wildman–Crippen LogP) is 3.57. The van der Waals surface area contributed by atoms with Gasteiger partial charge in [-0.15, -0.1) is 6.42 Å². The Labute approximate surface area is 140 Å². The summed E-state index contributed by atoms with van der Waals surface area (Å²) in [6.07, 6.45) is 9.10. The maximum absolute atomic E-state index is 5.59. The molecule has 0 atom stereocenters. The van der Waals surface area contributed by atoms with Gasteiger partial charge >= 0.3 is 0 Å². The molecule has 0 N–H and O–H groups in total. The second-order valence-electron chi connectivity index (χ2n) is 6.08. The fraction of sp³-hybridized carbons (Fsp3) is 0.263. The highest BCUT2D eigenvalue weighted by Crippen LogP contribution is 2.36. The first kappa shape index (κ1) is 14.3. The molecule has 4 heteroatoms. The van der Waals surface area contributed by atoms with Gasteiger partial charge in [0.25, 0.3) is 0 Å². The third-order valence-corrected chi connectivity index (χ3v) is 5.41. The number of benzene rings is 1. The van der Waals surface area contributed by atoms with E-state index in [1.54, 1.807) is 18.1 Å². The molecule has 4 rings (SSSR count). The standard InChI is InChI=1S/C19H17N3S/c1-3-6-22-10-15-5-4-14-7-13(2)11-23-19-17(9-16(15)8-14)18(22)20-12-21-19/h1,4-5,8,11-12H,6-7,9-10H2,2H3/b13-11-. The van der Waals surface area contributed by atoms with Crippen LogP contribution in [0.5, 0.6) is 0 Å². The van der Waals surface area contributed by atoms with Crippen LogP contribution in [0.2, 0.25) is 0 Å². The van der Waals surface area contributed by atoms with E-state index in [9.17, 15) is 0 Å². The Balaban J connectivity index is 1.97. The highest BCUT2D eigenvalue weighted by Gasteiger charge is 2.23. The minimum absolute atomic E-state index is 0.560. The van der Waals surface area contributed by atoms with Crippen molar-refractivity contribution in [2.45, 2.75) is 31.3 Å². The van der Waals surface area contributed by atoms with Crippen LogP contribution in [0.25, 0.3) is 0 Å². The Morgan fingerprint density at radius 1 is 1.26 bits per heavy atom. The van der Waals surface area contributed by atoms with Crippen LogP contribution in [-0.4, -0.2) is 16.5 Å². The van der Waals surface area contributed by atoms with Crippen LogP contribution < -0.4 is 4.90 Å². The van der Waals surface area contributed by atoms with E-state index in [4.69, 9.17) is 6.42 Å². The summed E-state index contributed by atoms with van der Waals surface area (Å²) in [7, 11) is 0. The van der Waals surface area contributed by atoms with Gasteiger partial charge in [0.2, 0.25) is 0 Å². The van der Waals surface area contributed by atoms with E-state index in [0.717, 1.165) is 30.2 Å². The SMILES string of the molecule is C#CCN1Cc2ccc3cc2Cc2c(ncnc21)S/C=C(/C)C3. The summed E-state index contributed by atoms with van der Waals surface area (Å²) in [5.41, 5.74) is 6.61. The van der Waals surface area contributed by atoms with Gasteiger partial charge < -0.3 is 4.90 Å². The van der Waals surface area contributed by atoms with Gasteiger partial charge in [-0.05, 0) is 35.4 Å². The molecule has 0 saturated heterocycles. The monoisotopic (exact) mass is 319 g/mol. The Morgan fingerprint density at radius 3 is 3.04 bits per heavy atom. The first-order chi connectivity index (χ1) is 11.2. The number of nitrogens with zero attached hydrogens (tertiary/aromatic N) is 3. The fourth-order valence-corrected chi connectivity index (χ4v) is 4.07. The molecule has 0 amide bonds. The molecule has 0 saturated carbocycles. The van der Waals surface area contributed by atoms with Crippen LogP contribution in [0.15, 0.2) is 40.5 Å². The minimum atomic E-state index is 0.560. The van der Waals surface area contributed by atoms with Gasteiger partial charge in [0.15, 0.2) is 0 Å². The number of hydrogen-bond acceptors (Lipinski definition) is 4. The molecule has 2 aromatic rings. The maximum Gasteiger partial charge on any atom is 0.137 e. The van der Waals surface area contributed by atoms with E-state index >= 15 is 0 Å². The van der Waals surface area contributed by atoms with Crippen LogP contribution in [0.3, 0.4) is 0 Å². The van der Waals surface area contributed by atoms with E-state index in [2.05, 4.69) is 51.3 Å². The van der Waals surface area contributed by atoms with Crippen molar-refractivity contribution in [3.8, 4) is 12.3 Å². The first-order valence-electron chi connectivity index (χ1n) is 7.70. The number of aromatic nitrogens is 2. The normalized spacial score (nSPS) is 17.9. The molecule has 0 spiro atoms. The zero-order valence-electron chi connectivity index (χ0n) is 13.0. The van der Waals surface area contributed by atoms with Crippen molar-refractivity contribution in [2.24, 2.45) is 0 Å². The summed E-state index contributed by atoms with van der Waals surface area (Å²) in [5, 5.41) is 3.24. The third-order valence-electron chi connectivity index (χ3n) is 4.32. The summed E-state index contributed by atoms with van der Waals surface area (Å²) < 4.78 is 0. The molecular formula is C19H17N3S. The van der Waals surface area contributed by atoms with E-state index in [1.807, 2.05) is 0 Å². The van der Waals surface area contributed by atoms with E-state index in [1.165, 1.54) is 27.8 Å². The quantitative estimate of drug-likeness (QED) is 0.593. The molecule has 3 bridgehead atoms. The van der Waals surface area contributed by atoms with Crippen molar-refractivity contribution in [1.82, 2.24) is 9.97 Å². The summed E-state index contributed by atoms with van der Waals surface area (Å²) >= 11 is 1.70. The van der Waals surface area contributed by atoms with Crippen molar-refractivity contribution in [3.05, 3.63) is 57.8 Å². The number of thioether (sulfide) groups is 1. The Morgan fingerprint density at radius 2 is 2.17 bits per heavy atom. The molecular weight excluding hydrogens is 302 g/mol. The van der Waals surface area contributed by atoms with Crippen molar-refractivity contribution < 1.29 is 0 Å². The number of terminal acetylenes is 1. The third kappa shape index (κ3) is 2.62. The van der Waals surface area contributed by atoms with Gasteiger partial charge in [0, 0.05) is 18.5 Å². The molecule has 0 unspecified atom stereocenters. The number of allylic oxidation sites excluding steroid dienone is 1. The van der Waals surface area contributed by atoms with Crippen molar-refractivity contribution in [1.29, 1.82) is 0 Å². The first-order valence-corrected chi connectivity index (χ1v) is 8.58. The molecule has 3 heterocycles. The van der Waals surface area contributed by atoms with E-state index < -0.39 is 0 Å². The summed E-state index contributed by atoms with van der Waals surface area (Å²) in [6, 6.07) is 6.82. The largest absolute Gasteiger partial charge is 0.341 e. The summed E-state index contributed by atoms with van der Waals surface area (Å²) in [5.74, 6) is 3.74. The lowest BCUT2D eigenvalue weighted by Crippen LogP contribution is -2.24. The smallest absolute Gasteiger partial charge is 0.137 e. The van der Waals surface area contributed by atoms with Crippen molar-refractivity contribution in [2.75, 3.05) is 11.4 Å². The average molecular weight is 319 g/mol. The van der Waals surface area contributed by atoms with E-state index in [-0.39, 0.29) is 0 Å². The fourth-order valence-electron chi connectivity index (χ4n) is 3.26. The lowest BCUT2D eigenvalue weighted by Gasteiger charge is -2.21. The molecule has 0 radical (unpaired) electrons. The molecule has 0 fully saturated rings. The van der Waals surface area contributed by atoms with Gasteiger partial charge in [0.05, 0.1) is 6.54 Å². The molecule has 3 nitrogen and oxygen atoms in total. The van der Waals surface area contributed by atoms with Crippen LogP contribution in [0.4, 0.5) is 5.82 Å². The molecule has 114 valence electrons. The van der Waals surface area contributed by atoms with Gasteiger partial charge in [0.1, 0.15) is 17.2 Å². The Kier molecular flexibility index (Phi) is 3.59. The second-order valence-corrected chi connectivity index (χ2v) is 6.94. The number of rotatable bonds is 1. The summed E-state index contributed by atoms with van der Waals surface area (Å²) in [4.78, 5) is 11.3. The van der Waals surface area contributed by atoms with Crippen LogP contribution in [0, 0.1) is 12.3 Å². The molecule has 2 aliphatic rings. The van der Waals surface area contributed by atoms with Crippen molar-refractivity contribution >= 4 is 17.6 Å². The minimum Gasteiger partial charge on any atom is -0.341 e. The van der Waals surface area contributed by atoms with Gasteiger partial charge in [-0.1, -0.05) is 41.5 Å². The Hall–Kier alpha value is -2.25. The topological polar surface area (TPSA) is 29.0 Å². The van der Waals surface area contributed by atoms with Gasteiger partial charge in [-0.25, -0.2) is 9.97 Å². The van der Waals surface area contributed by atoms with Crippen LogP contribution in [0.1, 0.15) is 29.2 Å². The predicted molar refractivity (Wildman–Crippen MR) is 94.5 cm³/mol. The van der Waals surface area contributed by atoms with Crippen LogP contribution >= 0.6 is 11.8 Å². The highest BCUT2D eigenvalue weighted by molar-refractivity contribution is 8.02. The molecule has 23 heavy (non-hydrogen) atoms.